The van der Waals surface area contributed by atoms with Gasteiger partial charge in [-0.15, -0.1) is 12.4 Å². The summed E-state index contributed by atoms with van der Waals surface area (Å²) in [5.41, 5.74) is 3.82. The van der Waals surface area contributed by atoms with Crippen molar-refractivity contribution in [3.63, 3.8) is 0 Å². The van der Waals surface area contributed by atoms with Crippen LogP contribution in [0.4, 0.5) is 0 Å². The van der Waals surface area contributed by atoms with Crippen molar-refractivity contribution < 1.29 is 9.47 Å². The highest BCUT2D eigenvalue weighted by atomic mass is 35.5. The predicted molar refractivity (Wildman–Crippen MR) is 86.4 cm³/mol. The molecule has 0 spiro atoms. The van der Waals surface area contributed by atoms with Gasteiger partial charge in [-0.1, -0.05) is 30.3 Å². The summed E-state index contributed by atoms with van der Waals surface area (Å²) < 4.78 is 11.4. The van der Waals surface area contributed by atoms with Crippen LogP contribution >= 0.6 is 12.4 Å². The van der Waals surface area contributed by atoms with E-state index >= 15 is 0 Å². The molecule has 3 rings (SSSR count). The molecule has 0 aromatic heterocycles. The molecule has 1 N–H and O–H groups in total. The molecule has 1 aliphatic rings. The van der Waals surface area contributed by atoms with Crippen molar-refractivity contribution in [1.82, 2.24) is 5.32 Å². The minimum atomic E-state index is 0. The zero-order valence-electron chi connectivity index (χ0n) is 12.1. The van der Waals surface area contributed by atoms with Crippen molar-refractivity contribution >= 4 is 12.4 Å². The first-order valence-electron chi connectivity index (χ1n) is 6.94. The van der Waals surface area contributed by atoms with E-state index in [1.165, 1.54) is 11.1 Å². The highest BCUT2D eigenvalue weighted by Gasteiger charge is 2.14. The standard InChI is InChI=1S/C17H19NO2.ClH/c1-19-16-9-14-7-8-18-11-15(14)10-17(16)20-12-13-5-3-2-4-6-13;/h2-6,9-10,18H,7-8,11-12H2,1H3;1H. The number of fused-ring (bicyclic) bond motifs is 1. The summed E-state index contributed by atoms with van der Waals surface area (Å²) in [5, 5.41) is 3.38. The molecule has 4 heteroatoms. The number of rotatable bonds is 4. The molecule has 0 bridgehead atoms. The Balaban J connectivity index is 0.00000161. The number of methoxy groups -OCH3 is 1. The van der Waals surface area contributed by atoms with Crippen molar-refractivity contribution in [2.45, 2.75) is 19.6 Å². The average molecular weight is 306 g/mol. The summed E-state index contributed by atoms with van der Waals surface area (Å²) in [7, 11) is 1.69. The number of benzene rings is 2. The molecule has 0 aliphatic carbocycles. The van der Waals surface area contributed by atoms with Crippen LogP contribution in [0.2, 0.25) is 0 Å². The fraction of sp³-hybridized carbons (Fsp3) is 0.294. The van der Waals surface area contributed by atoms with E-state index in [9.17, 15) is 0 Å². The van der Waals surface area contributed by atoms with E-state index in [0.717, 1.165) is 36.6 Å². The molecule has 112 valence electrons. The highest BCUT2D eigenvalue weighted by molar-refractivity contribution is 5.85. The van der Waals surface area contributed by atoms with Gasteiger partial charge < -0.3 is 14.8 Å². The molecule has 3 nitrogen and oxygen atoms in total. The normalized spacial score (nSPS) is 13.0. The molecule has 0 unspecified atom stereocenters. The Labute approximate surface area is 131 Å². The average Bonchev–Trinajstić information content (AvgIpc) is 2.53. The second-order valence-corrected chi connectivity index (χ2v) is 4.97. The second-order valence-electron chi connectivity index (χ2n) is 4.97. The number of halogens is 1. The molecule has 0 atom stereocenters. The Morgan fingerprint density at radius 2 is 1.81 bits per heavy atom. The van der Waals surface area contributed by atoms with Gasteiger partial charge in [0.15, 0.2) is 11.5 Å². The van der Waals surface area contributed by atoms with Gasteiger partial charge in [-0.05, 0) is 41.8 Å². The Hall–Kier alpha value is -1.71. The Bertz CT molecular complexity index is 587. The third-order valence-corrected chi connectivity index (χ3v) is 3.61. The maximum Gasteiger partial charge on any atom is 0.162 e. The number of ether oxygens (including phenoxy) is 2. The molecule has 0 fully saturated rings. The second kappa shape index (κ2) is 7.34. The van der Waals surface area contributed by atoms with Crippen LogP contribution in [0.25, 0.3) is 0 Å². The van der Waals surface area contributed by atoms with Gasteiger partial charge in [-0.25, -0.2) is 0 Å². The van der Waals surface area contributed by atoms with Crippen molar-refractivity contribution in [1.29, 1.82) is 0 Å². The molecular weight excluding hydrogens is 286 g/mol. The van der Waals surface area contributed by atoms with Crippen molar-refractivity contribution in [2.75, 3.05) is 13.7 Å². The van der Waals surface area contributed by atoms with E-state index in [1.54, 1.807) is 7.11 Å². The maximum atomic E-state index is 5.93. The summed E-state index contributed by atoms with van der Waals surface area (Å²) in [6.07, 6.45) is 1.05. The van der Waals surface area contributed by atoms with Crippen LogP contribution in [0.15, 0.2) is 42.5 Å². The van der Waals surface area contributed by atoms with Crippen LogP contribution in [-0.2, 0) is 19.6 Å². The van der Waals surface area contributed by atoms with Gasteiger partial charge in [0.05, 0.1) is 7.11 Å². The monoisotopic (exact) mass is 305 g/mol. The third-order valence-electron chi connectivity index (χ3n) is 3.61. The Morgan fingerprint density at radius 1 is 1.05 bits per heavy atom. The van der Waals surface area contributed by atoms with E-state index in [1.807, 2.05) is 18.2 Å². The minimum Gasteiger partial charge on any atom is -0.493 e. The summed E-state index contributed by atoms with van der Waals surface area (Å²) >= 11 is 0. The largest absolute Gasteiger partial charge is 0.493 e. The van der Waals surface area contributed by atoms with Gasteiger partial charge in [0.25, 0.3) is 0 Å². The maximum absolute atomic E-state index is 5.93. The third kappa shape index (κ3) is 3.69. The lowest BCUT2D eigenvalue weighted by Crippen LogP contribution is -2.23. The van der Waals surface area contributed by atoms with Crippen LogP contribution < -0.4 is 14.8 Å². The van der Waals surface area contributed by atoms with E-state index in [2.05, 4.69) is 29.6 Å². The SMILES string of the molecule is COc1cc2c(cc1OCc1ccccc1)CNCC2.Cl. The molecule has 21 heavy (non-hydrogen) atoms. The van der Waals surface area contributed by atoms with Gasteiger partial charge >= 0.3 is 0 Å². The fourth-order valence-electron chi connectivity index (χ4n) is 2.50. The summed E-state index contributed by atoms with van der Waals surface area (Å²) in [4.78, 5) is 0. The highest BCUT2D eigenvalue weighted by Crippen LogP contribution is 2.32. The van der Waals surface area contributed by atoms with Crippen LogP contribution in [0, 0.1) is 0 Å². The first kappa shape index (κ1) is 15.7. The lowest BCUT2D eigenvalue weighted by Gasteiger charge is -2.20. The number of hydrogen-bond donors (Lipinski definition) is 1. The molecule has 2 aromatic carbocycles. The molecule has 1 heterocycles. The first-order chi connectivity index (χ1) is 9.86. The molecule has 2 aromatic rings. The topological polar surface area (TPSA) is 30.5 Å². The molecule has 0 saturated carbocycles. The van der Waals surface area contributed by atoms with E-state index in [0.29, 0.717) is 6.61 Å². The Kier molecular flexibility index (Phi) is 5.48. The van der Waals surface area contributed by atoms with Crippen LogP contribution in [0.1, 0.15) is 16.7 Å². The minimum absolute atomic E-state index is 0. The van der Waals surface area contributed by atoms with E-state index in [4.69, 9.17) is 9.47 Å². The van der Waals surface area contributed by atoms with Crippen molar-refractivity contribution in [2.24, 2.45) is 0 Å². The van der Waals surface area contributed by atoms with Gasteiger partial charge in [-0.3, -0.25) is 0 Å². The lowest BCUT2D eigenvalue weighted by atomic mass is 10.0. The summed E-state index contributed by atoms with van der Waals surface area (Å²) in [6, 6.07) is 14.4. The van der Waals surface area contributed by atoms with E-state index in [-0.39, 0.29) is 12.4 Å². The molecule has 0 amide bonds. The molecule has 0 saturated heterocycles. The fourth-order valence-corrected chi connectivity index (χ4v) is 2.50. The molecule has 0 radical (unpaired) electrons. The number of nitrogens with one attached hydrogen (secondary N) is 1. The molecular formula is C17H20ClNO2. The smallest absolute Gasteiger partial charge is 0.162 e. The Morgan fingerprint density at radius 3 is 2.57 bits per heavy atom. The zero-order valence-corrected chi connectivity index (χ0v) is 12.9. The van der Waals surface area contributed by atoms with Gasteiger partial charge in [0.2, 0.25) is 0 Å². The zero-order chi connectivity index (χ0) is 13.8. The number of hydrogen-bond acceptors (Lipinski definition) is 3. The van der Waals surface area contributed by atoms with Crippen LogP contribution in [0.5, 0.6) is 11.5 Å². The van der Waals surface area contributed by atoms with Crippen molar-refractivity contribution in [3.05, 3.63) is 59.2 Å². The van der Waals surface area contributed by atoms with Gasteiger partial charge in [0.1, 0.15) is 6.61 Å². The van der Waals surface area contributed by atoms with Gasteiger partial charge in [0, 0.05) is 6.54 Å². The summed E-state index contributed by atoms with van der Waals surface area (Å²) in [6.45, 7) is 2.49. The van der Waals surface area contributed by atoms with Gasteiger partial charge in [-0.2, -0.15) is 0 Å². The van der Waals surface area contributed by atoms with Crippen molar-refractivity contribution in [3.8, 4) is 11.5 Å². The van der Waals surface area contributed by atoms with E-state index < -0.39 is 0 Å². The van der Waals surface area contributed by atoms with Crippen LogP contribution in [0.3, 0.4) is 0 Å². The first-order valence-corrected chi connectivity index (χ1v) is 6.94. The van der Waals surface area contributed by atoms with Crippen LogP contribution in [-0.4, -0.2) is 13.7 Å². The predicted octanol–water partition coefficient (Wildman–Crippen LogP) is 3.34. The lowest BCUT2D eigenvalue weighted by molar-refractivity contribution is 0.283. The quantitative estimate of drug-likeness (QED) is 0.940. The molecule has 1 aliphatic heterocycles. The summed E-state index contributed by atoms with van der Waals surface area (Å²) in [5.74, 6) is 1.64.